The SMILES string of the molecule is OC(CNC1CCCC1)(c1ccccc1)C(F)(F)F. The van der Waals surface area contributed by atoms with E-state index in [-0.39, 0.29) is 11.6 Å². The molecule has 1 aliphatic carbocycles. The Balaban J connectivity index is 2.15. The highest BCUT2D eigenvalue weighted by atomic mass is 19.4. The Hall–Kier alpha value is -1.07. The van der Waals surface area contributed by atoms with Gasteiger partial charge < -0.3 is 10.4 Å². The predicted octanol–water partition coefficient (Wildman–Crippen LogP) is 2.97. The van der Waals surface area contributed by atoms with E-state index in [9.17, 15) is 18.3 Å². The van der Waals surface area contributed by atoms with Crippen molar-refractivity contribution in [2.75, 3.05) is 6.54 Å². The molecule has 1 fully saturated rings. The van der Waals surface area contributed by atoms with E-state index >= 15 is 0 Å². The summed E-state index contributed by atoms with van der Waals surface area (Å²) >= 11 is 0. The molecule has 1 unspecified atom stereocenters. The summed E-state index contributed by atoms with van der Waals surface area (Å²) in [7, 11) is 0. The third kappa shape index (κ3) is 3.09. The molecular weight excluding hydrogens is 255 g/mol. The maximum atomic E-state index is 13.2. The van der Waals surface area contributed by atoms with Crippen LogP contribution in [0.15, 0.2) is 30.3 Å². The van der Waals surface area contributed by atoms with E-state index in [4.69, 9.17) is 0 Å². The fourth-order valence-corrected chi connectivity index (χ4v) is 2.50. The van der Waals surface area contributed by atoms with E-state index in [0.29, 0.717) is 0 Å². The van der Waals surface area contributed by atoms with Gasteiger partial charge in [-0.05, 0) is 18.4 Å². The second-order valence-electron chi connectivity index (χ2n) is 5.09. The van der Waals surface area contributed by atoms with Crippen LogP contribution < -0.4 is 5.32 Å². The van der Waals surface area contributed by atoms with Gasteiger partial charge in [-0.3, -0.25) is 0 Å². The Morgan fingerprint density at radius 1 is 1.11 bits per heavy atom. The van der Waals surface area contributed by atoms with Crippen LogP contribution in [0.2, 0.25) is 0 Å². The van der Waals surface area contributed by atoms with E-state index in [1.54, 1.807) is 6.07 Å². The summed E-state index contributed by atoms with van der Waals surface area (Å²) in [5.74, 6) is 0. The Kier molecular flexibility index (Phi) is 4.16. The number of nitrogens with one attached hydrogen (secondary N) is 1. The molecule has 1 aromatic rings. The molecule has 1 aromatic carbocycles. The lowest BCUT2D eigenvalue weighted by Crippen LogP contribution is -2.51. The second-order valence-corrected chi connectivity index (χ2v) is 5.09. The number of aliphatic hydroxyl groups is 1. The molecular formula is C14H18F3NO. The fourth-order valence-electron chi connectivity index (χ4n) is 2.50. The average Bonchev–Trinajstić information content (AvgIpc) is 2.89. The number of rotatable bonds is 4. The Bertz CT molecular complexity index is 401. The first kappa shape index (κ1) is 14.3. The summed E-state index contributed by atoms with van der Waals surface area (Å²) in [5.41, 5.74) is -2.94. The van der Waals surface area contributed by atoms with E-state index in [1.165, 1.54) is 24.3 Å². The van der Waals surface area contributed by atoms with Crippen molar-refractivity contribution >= 4 is 0 Å². The van der Waals surface area contributed by atoms with Crippen molar-refractivity contribution in [3.05, 3.63) is 35.9 Å². The quantitative estimate of drug-likeness (QED) is 0.884. The summed E-state index contributed by atoms with van der Waals surface area (Å²) in [4.78, 5) is 0. The summed E-state index contributed by atoms with van der Waals surface area (Å²) in [5, 5.41) is 12.9. The van der Waals surface area contributed by atoms with Gasteiger partial charge in [-0.15, -0.1) is 0 Å². The van der Waals surface area contributed by atoms with E-state index in [1.807, 2.05) is 0 Å². The Morgan fingerprint density at radius 2 is 1.68 bits per heavy atom. The molecule has 0 aromatic heterocycles. The maximum Gasteiger partial charge on any atom is 0.422 e. The van der Waals surface area contributed by atoms with Crippen molar-refractivity contribution in [1.29, 1.82) is 0 Å². The van der Waals surface area contributed by atoms with Crippen molar-refractivity contribution in [2.24, 2.45) is 0 Å². The molecule has 106 valence electrons. The summed E-state index contributed by atoms with van der Waals surface area (Å²) in [6.45, 7) is -0.495. The van der Waals surface area contributed by atoms with E-state index < -0.39 is 18.3 Å². The van der Waals surface area contributed by atoms with Crippen molar-refractivity contribution in [1.82, 2.24) is 5.32 Å². The van der Waals surface area contributed by atoms with Crippen LogP contribution in [0.3, 0.4) is 0 Å². The molecule has 2 N–H and O–H groups in total. The number of hydrogen-bond donors (Lipinski definition) is 2. The first-order chi connectivity index (χ1) is 8.93. The van der Waals surface area contributed by atoms with Gasteiger partial charge in [-0.2, -0.15) is 13.2 Å². The molecule has 5 heteroatoms. The van der Waals surface area contributed by atoms with Crippen molar-refractivity contribution in [3.8, 4) is 0 Å². The first-order valence-corrected chi connectivity index (χ1v) is 6.51. The minimum absolute atomic E-state index is 0.0811. The monoisotopic (exact) mass is 273 g/mol. The molecule has 0 amide bonds. The lowest BCUT2D eigenvalue weighted by molar-refractivity contribution is -0.264. The van der Waals surface area contributed by atoms with Gasteiger partial charge in [0.25, 0.3) is 0 Å². The fraction of sp³-hybridized carbons (Fsp3) is 0.571. The van der Waals surface area contributed by atoms with Gasteiger partial charge in [-0.25, -0.2) is 0 Å². The molecule has 0 spiro atoms. The lowest BCUT2D eigenvalue weighted by atomic mass is 9.92. The number of benzene rings is 1. The van der Waals surface area contributed by atoms with Crippen LogP contribution in [0.4, 0.5) is 13.2 Å². The summed E-state index contributed by atoms with van der Waals surface area (Å²) < 4.78 is 39.5. The zero-order valence-corrected chi connectivity index (χ0v) is 10.6. The topological polar surface area (TPSA) is 32.3 Å². The van der Waals surface area contributed by atoms with Crippen LogP contribution in [0.5, 0.6) is 0 Å². The highest BCUT2D eigenvalue weighted by molar-refractivity contribution is 5.24. The number of alkyl halides is 3. The highest BCUT2D eigenvalue weighted by Crippen LogP contribution is 2.38. The minimum Gasteiger partial charge on any atom is -0.375 e. The van der Waals surface area contributed by atoms with Crippen LogP contribution in [-0.4, -0.2) is 23.9 Å². The molecule has 19 heavy (non-hydrogen) atoms. The smallest absolute Gasteiger partial charge is 0.375 e. The molecule has 1 saturated carbocycles. The highest BCUT2D eigenvalue weighted by Gasteiger charge is 2.54. The molecule has 1 atom stereocenters. The average molecular weight is 273 g/mol. The molecule has 0 bridgehead atoms. The molecule has 0 heterocycles. The molecule has 2 nitrogen and oxygen atoms in total. The van der Waals surface area contributed by atoms with Gasteiger partial charge in [0.15, 0.2) is 5.60 Å². The minimum atomic E-state index is -4.69. The standard InChI is InChI=1S/C14H18F3NO/c15-14(16,17)13(19,11-6-2-1-3-7-11)10-18-12-8-4-5-9-12/h1-3,6-7,12,18-19H,4-5,8-10H2. The van der Waals surface area contributed by atoms with Gasteiger partial charge in [-0.1, -0.05) is 43.2 Å². The van der Waals surface area contributed by atoms with Crippen LogP contribution in [0.25, 0.3) is 0 Å². The van der Waals surface area contributed by atoms with E-state index in [2.05, 4.69) is 5.32 Å². The molecule has 2 rings (SSSR count). The van der Waals surface area contributed by atoms with Crippen LogP contribution in [0, 0.1) is 0 Å². The van der Waals surface area contributed by atoms with Gasteiger partial charge in [0.2, 0.25) is 0 Å². The second kappa shape index (κ2) is 5.51. The normalized spacial score (nSPS) is 20.4. The zero-order chi connectivity index (χ0) is 13.9. The van der Waals surface area contributed by atoms with Crippen molar-refractivity contribution in [2.45, 2.75) is 43.5 Å². The van der Waals surface area contributed by atoms with Gasteiger partial charge in [0.1, 0.15) is 0 Å². The lowest BCUT2D eigenvalue weighted by Gasteiger charge is -2.32. The molecule has 0 aliphatic heterocycles. The van der Waals surface area contributed by atoms with Crippen molar-refractivity contribution < 1.29 is 18.3 Å². The largest absolute Gasteiger partial charge is 0.422 e. The summed E-state index contributed by atoms with van der Waals surface area (Å²) in [6.07, 6.45) is -0.869. The third-order valence-corrected chi connectivity index (χ3v) is 3.72. The Morgan fingerprint density at radius 3 is 2.21 bits per heavy atom. The Labute approximate surface area is 110 Å². The molecule has 0 saturated heterocycles. The third-order valence-electron chi connectivity index (χ3n) is 3.72. The van der Waals surface area contributed by atoms with Gasteiger partial charge in [0.05, 0.1) is 0 Å². The van der Waals surface area contributed by atoms with E-state index in [0.717, 1.165) is 25.7 Å². The summed E-state index contributed by atoms with van der Waals surface area (Å²) in [6, 6.07) is 7.33. The van der Waals surface area contributed by atoms with Crippen molar-refractivity contribution in [3.63, 3.8) is 0 Å². The predicted molar refractivity (Wildman–Crippen MR) is 66.7 cm³/mol. The van der Waals surface area contributed by atoms with Crippen LogP contribution in [-0.2, 0) is 5.60 Å². The first-order valence-electron chi connectivity index (χ1n) is 6.51. The van der Waals surface area contributed by atoms with Crippen LogP contribution >= 0.6 is 0 Å². The number of hydrogen-bond acceptors (Lipinski definition) is 2. The molecule has 1 aliphatic rings. The number of halogens is 3. The molecule has 0 radical (unpaired) electrons. The van der Waals surface area contributed by atoms with Crippen LogP contribution in [0.1, 0.15) is 31.2 Å². The maximum absolute atomic E-state index is 13.2. The zero-order valence-electron chi connectivity index (χ0n) is 10.6. The van der Waals surface area contributed by atoms with Gasteiger partial charge >= 0.3 is 6.18 Å². The van der Waals surface area contributed by atoms with Gasteiger partial charge in [0, 0.05) is 12.6 Å².